The minimum atomic E-state index is -0.603. The van der Waals surface area contributed by atoms with Gasteiger partial charge in [-0.25, -0.2) is 4.79 Å². The summed E-state index contributed by atoms with van der Waals surface area (Å²) in [6.07, 6.45) is 0. The van der Waals surface area contributed by atoms with Gasteiger partial charge in [-0.2, -0.15) is 0 Å². The Labute approximate surface area is 138 Å². The van der Waals surface area contributed by atoms with Gasteiger partial charge in [-0.1, -0.05) is 32.0 Å². The lowest BCUT2D eigenvalue weighted by Crippen LogP contribution is -2.49. The number of carbonyl (C=O) groups is 2. The van der Waals surface area contributed by atoms with Gasteiger partial charge in [-0.15, -0.1) is 0 Å². The Hall–Kier alpha value is -2.08. The van der Waals surface area contributed by atoms with E-state index in [-0.39, 0.29) is 11.3 Å². The first kappa shape index (κ1) is 19.0. The van der Waals surface area contributed by atoms with Crippen LogP contribution >= 0.6 is 0 Å². The number of amides is 3. The van der Waals surface area contributed by atoms with Crippen LogP contribution in [0.4, 0.5) is 10.5 Å². The molecule has 0 aliphatic carbocycles. The van der Waals surface area contributed by atoms with Crippen LogP contribution in [-0.2, 0) is 4.79 Å². The molecule has 0 heterocycles. The summed E-state index contributed by atoms with van der Waals surface area (Å²) in [4.78, 5) is 26.0. The lowest BCUT2D eigenvalue weighted by atomic mass is 9.93. The molecule has 1 atom stereocenters. The van der Waals surface area contributed by atoms with Gasteiger partial charge in [0, 0.05) is 18.8 Å². The van der Waals surface area contributed by atoms with Crippen LogP contribution < -0.4 is 16.0 Å². The minimum Gasteiger partial charge on any atom is -0.354 e. The van der Waals surface area contributed by atoms with Gasteiger partial charge in [-0.3, -0.25) is 4.79 Å². The van der Waals surface area contributed by atoms with Gasteiger partial charge in [0.25, 0.3) is 0 Å². The third-order valence-corrected chi connectivity index (χ3v) is 3.26. The van der Waals surface area contributed by atoms with E-state index in [4.69, 9.17) is 0 Å². The van der Waals surface area contributed by atoms with E-state index in [2.05, 4.69) is 34.7 Å². The summed E-state index contributed by atoms with van der Waals surface area (Å²) in [6.45, 7) is 7.26. The first-order chi connectivity index (χ1) is 10.7. The summed E-state index contributed by atoms with van der Waals surface area (Å²) < 4.78 is 0. The van der Waals surface area contributed by atoms with Crippen molar-refractivity contribution in [2.75, 3.05) is 32.5 Å². The Morgan fingerprint density at radius 2 is 1.78 bits per heavy atom. The fourth-order valence-corrected chi connectivity index (χ4v) is 2.34. The number of rotatable bonds is 7. The zero-order chi connectivity index (χ0) is 17.5. The van der Waals surface area contributed by atoms with Crippen molar-refractivity contribution in [1.29, 1.82) is 0 Å². The molecule has 0 saturated heterocycles. The molecule has 0 spiro atoms. The van der Waals surface area contributed by atoms with Crippen molar-refractivity contribution in [1.82, 2.24) is 15.5 Å². The zero-order valence-corrected chi connectivity index (χ0v) is 14.6. The molecule has 1 aromatic carbocycles. The molecule has 3 N–H and O–H groups in total. The summed E-state index contributed by atoms with van der Waals surface area (Å²) in [6, 6.07) is 8.11. The molecule has 6 heteroatoms. The summed E-state index contributed by atoms with van der Waals surface area (Å²) in [5.41, 5.74) is 0.648. The van der Waals surface area contributed by atoms with E-state index in [0.29, 0.717) is 12.2 Å². The second-order valence-electron chi connectivity index (χ2n) is 6.81. The number of hydrogen-bond donors (Lipinski definition) is 3. The standard InChI is InChI=1S/C17H28N4O2/c1-13(15(22)18-11-17(2,3)12-21(4)5)19-16(23)20-14-9-7-6-8-10-14/h6-10,13H,11-12H2,1-5H3,(H,18,22)(H2,19,20,23). The van der Waals surface area contributed by atoms with Crippen molar-refractivity contribution in [3.8, 4) is 0 Å². The average molecular weight is 320 g/mol. The van der Waals surface area contributed by atoms with Crippen molar-refractivity contribution in [2.24, 2.45) is 5.41 Å². The van der Waals surface area contributed by atoms with Crippen LogP contribution in [0.3, 0.4) is 0 Å². The molecule has 23 heavy (non-hydrogen) atoms. The first-order valence-corrected chi connectivity index (χ1v) is 7.74. The maximum absolute atomic E-state index is 12.1. The van der Waals surface area contributed by atoms with Gasteiger partial charge in [-0.05, 0) is 38.6 Å². The van der Waals surface area contributed by atoms with Gasteiger partial charge < -0.3 is 20.9 Å². The Morgan fingerprint density at radius 1 is 1.17 bits per heavy atom. The highest BCUT2D eigenvalue weighted by molar-refractivity contribution is 5.93. The fraction of sp³-hybridized carbons (Fsp3) is 0.529. The van der Waals surface area contributed by atoms with Crippen LogP contribution in [0.2, 0.25) is 0 Å². The maximum atomic E-state index is 12.1. The molecule has 6 nitrogen and oxygen atoms in total. The normalized spacial score (nSPS) is 12.6. The molecule has 1 aromatic rings. The SMILES string of the molecule is CC(NC(=O)Nc1ccccc1)C(=O)NCC(C)(C)CN(C)C. The van der Waals surface area contributed by atoms with Crippen LogP contribution in [0.5, 0.6) is 0 Å². The largest absolute Gasteiger partial charge is 0.354 e. The number of para-hydroxylation sites is 1. The summed E-state index contributed by atoms with van der Waals surface area (Å²) in [5, 5.41) is 8.21. The van der Waals surface area contributed by atoms with E-state index >= 15 is 0 Å². The number of urea groups is 1. The lowest BCUT2D eigenvalue weighted by molar-refractivity contribution is -0.123. The molecule has 0 aliphatic heterocycles. The van der Waals surface area contributed by atoms with Crippen molar-refractivity contribution >= 4 is 17.6 Å². The van der Waals surface area contributed by atoms with E-state index in [1.54, 1.807) is 19.1 Å². The smallest absolute Gasteiger partial charge is 0.319 e. The van der Waals surface area contributed by atoms with Gasteiger partial charge in [0.05, 0.1) is 0 Å². The predicted molar refractivity (Wildman–Crippen MR) is 93.4 cm³/mol. The topological polar surface area (TPSA) is 73.5 Å². The quantitative estimate of drug-likeness (QED) is 0.718. The maximum Gasteiger partial charge on any atom is 0.319 e. The van der Waals surface area contributed by atoms with Gasteiger partial charge in [0.1, 0.15) is 6.04 Å². The fourth-order valence-electron chi connectivity index (χ4n) is 2.34. The number of nitrogens with one attached hydrogen (secondary N) is 3. The molecule has 3 amide bonds. The van der Waals surface area contributed by atoms with Crippen LogP contribution in [0.15, 0.2) is 30.3 Å². The zero-order valence-electron chi connectivity index (χ0n) is 14.6. The highest BCUT2D eigenvalue weighted by Crippen LogP contribution is 2.14. The molecule has 0 radical (unpaired) electrons. The first-order valence-electron chi connectivity index (χ1n) is 7.74. The minimum absolute atomic E-state index is 0.0365. The van der Waals surface area contributed by atoms with Crippen LogP contribution in [0.25, 0.3) is 0 Å². The molecular weight excluding hydrogens is 292 g/mol. The van der Waals surface area contributed by atoms with Gasteiger partial charge in [0.15, 0.2) is 0 Å². The third-order valence-electron chi connectivity index (χ3n) is 3.26. The molecule has 0 fully saturated rings. The van der Waals surface area contributed by atoms with Crippen molar-refractivity contribution < 1.29 is 9.59 Å². The van der Waals surface area contributed by atoms with Crippen LogP contribution in [0.1, 0.15) is 20.8 Å². The Balaban J connectivity index is 2.40. The summed E-state index contributed by atoms with van der Waals surface area (Å²) >= 11 is 0. The van der Waals surface area contributed by atoms with Crippen LogP contribution in [-0.4, -0.2) is 50.1 Å². The molecule has 0 saturated carbocycles. The number of carbonyl (C=O) groups excluding carboxylic acids is 2. The predicted octanol–water partition coefficient (Wildman–Crippen LogP) is 1.90. The van der Waals surface area contributed by atoms with E-state index in [1.807, 2.05) is 32.3 Å². The van der Waals surface area contributed by atoms with Gasteiger partial charge in [0.2, 0.25) is 5.91 Å². The van der Waals surface area contributed by atoms with E-state index in [1.165, 1.54) is 0 Å². The molecule has 0 bridgehead atoms. The lowest BCUT2D eigenvalue weighted by Gasteiger charge is -2.29. The second-order valence-corrected chi connectivity index (χ2v) is 6.81. The van der Waals surface area contributed by atoms with E-state index in [9.17, 15) is 9.59 Å². The number of nitrogens with zero attached hydrogens (tertiary/aromatic N) is 1. The van der Waals surface area contributed by atoms with Crippen LogP contribution in [0, 0.1) is 5.41 Å². The number of benzene rings is 1. The second kappa shape index (κ2) is 8.53. The number of hydrogen-bond acceptors (Lipinski definition) is 3. The Bertz CT molecular complexity index is 515. The third kappa shape index (κ3) is 7.65. The van der Waals surface area contributed by atoms with Crippen molar-refractivity contribution in [3.05, 3.63) is 30.3 Å². The molecule has 1 rings (SSSR count). The Kier molecular flexibility index (Phi) is 7.03. The molecule has 0 aliphatic rings. The highest BCUT2D eigenvalue weighted by Gasteiger charge is 2.22. The van der Waals surface area contributed by atoms with Crippen molar-refractivity contribution in [2.45, 2.75) is 26.8 Å². The monoisotopic (exact) mass is 320 g/mol. The molecule has 128 valence electrons. The molecule has 0 aromatic heterocycles. The van der Waals surface area contributed by atoms with E-state index < -0.39 is 12.1 Å². The highest BCUT2D eigenvalue weighted by atomic mass is 16.2. The van der Waals surface area contributed by atoms with Gasteiger partial charge >= 0.3 is 6.03 Å². The summed E-state index contributed by atoms with van der Waals surface area (Å²) in [5.74, 6) is -0.194. The number of anilines is 1. The average Bonchev–Trinajstić information content (AvgIpc) is 2.44. The van der Waals surface area contributed by atoms with E-state index in [0.717, 1.165) is 6.54 Å². The van der Waals surface area contributed by atoms with Crippen molar-refractivity contribution in [3.63, 3.8) is 0 Å². The molecule has 1 unspecified atom stereocenters. The molecular formula is C17H28N4O2. The Morgan fingerprint density at radius 3 is 2.35 bits per heavy atom. The summed E-state index contributed by atoms with van der Waals surface area (Å²) in [7, 11) is 4.00.